The number of phenols is 1. The summed E-state index contributed by atoms with van der Waals surface area (Å²) >= 11 is 11.8. The van der Waals surface area contributed by atoms with Crippen LogP contribution in [0.4, 0.5) is 10.5 Å². The number of benzene rings is 1. The van der Waals surface area contributed by atoms with Gasteiger partial charge in [0.1, 0.15) is 5.60 Å². The van der Waals surface area contributed by atoms with E-state index in [9.17, 15) is 9.90 Å². The van der Waals surface area contributed by atoms with Crippen molar-refractivity contribution in [3.8, 4) is 5.75 Å². The van der Waals surface area contributed by atoms with Gasteiger partial charge in [0.05, 0.1) is 10.0 Å². The minimum absolute atomic E-state index is 0.129. The number of ether oxygens (including phenoxy) is 1. The third-order valence-electron chi connectivity index (χ3n) is 3.44. The molecule has 3 N–H and O–H groups in total. The van der Waals surface area contributed by atoms with Gasteiger partial charge in [-0.25, -0.2) is 4.79 Å². The molecule has 0 aliphatic carbocycles. The molecule has 7 heteroatoms. The summed E-state index contributed by atoms with van der Waals surface area (Å²) in [5.74, 6) is 0.398. The second kappa shape index (κ2) is 8.67. The van der Waals surface area contributed by atoms with Crippen molar-refractivity contribution in [2.75, 3.05) is 18.4 Å². The van der Waals surface area contributed by atoms with Gasteiger partial charge in [-0.2, -0.15) is 0 Å². The van der Waals surface area contributed by atoms with Crippen molar-refractivity contribution in [1.29, 1.82) is 0 Å². The number of hydrogen-bond acceptors (Lipinski definition) is 4. The fraction of sp³-hybridized carbons (Fsp3) is 0.588. The van der Waals surface area contributed by atoms with E-state index in [1.807, 2.05) is 20.8 Å². The van der Waals surface area contributed by atoms with Crippen LogP contribution < -0.4 is 10.6 Å². The van der Waals surface area contributed by atoms with E-state index in [-0.39, 0.29) is 21.7 Å². The quantitative estimate of drug-likeness (QED) is 0.616. The Bertz CT molecular complexity index is 548. The molecule has 5 nitrogen and oxygen atoms in total. The van der Waals surface area contributed by atoms with Crippen LogP contribution in [0.5, 0.6) is 5.75 Å². The highest BCUT2D eigenvalue weighted by Gasteiger charge is 2.19. The number of amides is 1. The van der Waals surface area contributed by atoms with E-state index < -0.39 is 11.7 Å². The molecule has 0 aromatic heterocycles. The van der Waals surface area contributed by atoms with E-state index >= 15 is 0 Å². The van der Waals surface area contributed by atoms with Crippen LogP contribution >= 0.6 is 23.2 Å². The zero-order chi connectivity index (χ0) is 18.5. The molecule has 1 unspecified atom stereocenters. The van der Waals surface area contributed by atoms with E-state index in [0.29, 0.717) is 24.7 Å². The van der Waals surface area contributed by atoms with E-state index in [0.717, 1.165) is 0 Å². The predicted octanol–water partition coefficient (Wildman–Crippen LogP) is 4.91. The molecule has 1 atom stereocenters. The molecular formula is C17H26Cl2N2O3. The maximum Gasteiger partial charge on any atom is 0.407 e. The van der Waals surface area contributed by atoms with Crippen molar-refractivity contribution in [3.63, 3.8) is 0 Å². The van der Waals surface area contributed by atoms with Crippen LogP contribution in [0, 0.1) is 11.8 Å². The van der Waals surface area contributed by atoms with Gasteiger partial charge in [0.25, 0.3) is 0 Å². The Morgan fingerprint density at radius 1 is 1.21 bits per heavy atom. The molecule has 136 valence electrons. The van der Waals surface area contributed by atoms with E-state index in [2.05, 4.69) is 24.5 Å². The molecule has 1 aromatic rings. The van der Waals surface area contributed by atoms with Crippen LogP contribution in [0.3, 0.4) is 0 Å². The molecule has 0 bridgehead atoms. The molecule has 0 aliphatic rings. The number of alkyl carbamates (subject to hydrolysis) is 1. The summed E-state index contributed by atoms with van der Waals surface area (Å²) in [4.78, 5) is 11.8. The Kier molecular flexibility index (Phi) is 7.49. The number of aromatic hydroxyl groups is 1. The van der Waals surface area contributed by atoms with Gasteiger partial charge >= 0.3 is 6.09 Å². The number of rotatable bonds is 6. The molecule has 0 radical (unpaired) electrons. The zero-order valence-electron chi connectivity index (χ0n) is 14.7. The standard InChI is InChI=1S/C17H26Cl2N2O3/c1-10(2)11(9-21-16(23)24-17(3,4)5)8-20-12-6-13(18)15(22)14(19)7-12/h6-7,10-11,20,22H,8-9H2,1-5H3,(H,21,23). The highest BCUT2D eigenvalue weighted by Crippen LogP contribution is 2.34. The van der Waals surface area contributed by atoms with Gasteiger partial charge in [-0.05, 0) is 44.7 Å². The molecule has 0 fully saturated rings. The predicted molar refractivity (Wildman–Crippen MR) is 99.2 cm³/mol. The van der Waals surface area contributed by atoms with Crippen LogP contribution in [0.2, 0.25) is 10.0 Å². The average molecular weight is 377 g/mol. The first-order chi connectivity index (χ1) is 11.0. The fourth-order valence-electron chi connectivity index (χ4n) is 1.99. The minimum Gasteiger partial charge on any atom is -0.505 e. The molecule has 0 saturated heterocycles. The Balaban J connectivity index is 2.59. The Hall–Kier alpha value is -1.33. The summed E-state index contributed by atoms with van der Waals surface area (Å²) in [5.41, 5.74) is 0.195. The Morgan fingerprint density at radius 2 is 1.75 bits per heavy atom. The van der Waals surface area contributed by atoms with Gasteiger partial charge in [-0.3, -0.25) is 0 Å². The van der Waals surface area contributed by atoms with Crippen molar-refractivity contribution in [3.05, 3.63) is 22.2 Å². The van der Waals surface area contributed by atoms with Gasteiger partial charge < -0.3 is 20.5 Å². The largest absolute Gasteiger partial charge is 0.505 e. The second-order valence-electron chi connectivity index (χ2n) is 7.06. The molecule has 0 aliphatic heterocycles. The van der Waals surface area contributed by atoms with Gasteiger partial charge in [-0.1, -0.05) is 37.0 Å². The smallest absolute Gasteiger partial charge is 0.407 e. The minimum atomic E-state index is -0.519. The van der Waals surface area contributed by atoms with Crippen LogP contribution in [0.25, 0.3) is 0 Å². The van der Waals surface area contributed by atoms with E-state index in [1.54, 1.807) is 12.1 Å². The number of halogens is 2. The number of carbonyl (C=O) groups excluding carboxylic acids is 1. The first kappa shape index (κ1) is 20.7. The monoisotopic (exact) mass is 376 g/mol. The maximum atomic E-state index is 11.8. The summed E-state index contributed by atoms with van der Waals surface area (Å²) < 4.78 is 5.24. The Labute approximate surface area is 153 Å². The third-order valence-corrected chi connectivity index (χ3v) is 4.01. The SMILES string of the molecule is CC(C)C(CNC(=O)OC(C)(C)C)CNc1cc(Cl)c(O)c(Cl)c1. The lowest BCUT2D eigenvalue weighted by Gasteiger charge is -2.24. The summed E-state index contributed by atoms with van der Waals surface area (Å²) in [6.45, 7) is 10.7. The average Bonchev–Trinajstić information content (AvgIpc) is 2.42. The Morgan fingerprint density at radius 3 is 2.21 bits per heavy atom. The van der Waals surface area contributed by atoms with Crippen molar-refractivity contribution >= 4 is 35.0 Å². The van der Waals surface area contributed by atoms with Crippen molar-refractivity contribution in [1.82, 2.24) is 5.32 Å². The van der Waals surface area contributed by atoms with Crippen LogP contribution in [0.15, 0.2) is 12.1 Å². The van der Waals surface area contributed by atoms with Crippen molar-refractivity contribution in [2.24, 2.45) is 11.8 Å². The number of phenolic OH excluding ortho intramolecular Hbond substituents is 1. The highest BCUT2D eigenvalue weighted by molar-refractivity contribution is 6.37. The molecular weight excluding hydrogens is 351 g/mol. The molecule has 0 spiro atoms. The molecule has 0 heterocycles. The summed E-state index contributed by atoms with van der Waals surface area (Å²) in [5, 5.41) is 16.0. The summed E-state index contributed by atoms with van der Waals surface area (Å²) in [6, 6.07) is 3.23. The highest BCUT2D eigenvalue weighted by atomic mass is 35.5. The number of carbonyl (C=O) groups is 1. The summed E-state index contributed by atoms with van der Waals surface area (Å²) in [7, 11) is 0. The van der Waals surface area contributed by atoms with Crippen LogP contribution in [0.1, 0.15) is 34.6 Å². The van der Waals surface area contributed by atoms with Gasteiger partial charge in [0.15, 0.2) is 5.75 Å². The second-order valence-corrected chi connectivity index (χ2v) is 7.87. The first-order valence-electron chi connectivity index (χ1n) is 7.88. The maximum absolute atomic E-state index is 11.8. The summed E-state index contributed by atoms with van der Waals surface area (Å²) in [6.07, 6.45) is -0.427. The first-order valence-corrected chi connectivity index (χ1v) is 8.64. The fourth-order valence-corrected chi connectivity index (χ4v) is 2.48. The number of hydrogen-bond donors (Lipinski definition) is 3. The van der Waals surface area contributed by atoms with Crippen molar-refractivity contribution in [2.45, 2.75) is 40.2 Å². The number of nitrogens with one attached hydrogen (secondary N) is 2. The molecule has 1 aromatic carbocycles. The number of anilines is 1. The molecule has 1 amide bonds. The topological polar surface area (TPSA) is 70.6 Å². The molecule has 24 heavy (non-hydrogen) atoms. The lowest BCUT2D eigenvalue weighted by Crippen LogP contribution is -2.38. The van der Waals surface area contributed by atoms with Gasteiger partial charge in [-0.15, -0.1) is 0 Å². The molecule has 1 rings (SSSR count). The van der Waals surface area contributed by atoms with E-state index in [4.69, 9.17) is 27.9 Å². The van der Waals surface area contributed by atoms with Gasteiger partial charge in [0, 0.05) is 18.8 Å². The van der Waals surface area contributed by atoms with Gasteiger partial charge in [0.2, 0.25) is 0 Å². The molecule has 0 saturated carbocycles. The van der Waals surface area contributed by atoms with Crippen LogP contribution in [-0.2, 0) is 4.74 Å². The lowest BCUT2D eigenvalue weighted by atomic mass is 9.95. The zero-order valence-corrected chi connectivity index (χ0v) is 16.3. The van der Waals surface area contributed by atoms with Crippen molar-refractivity contribution < 1.29 is 14.6 Å². The lowest BCUT2D eigenvalue weighted by molar-refractivity contribution is 0.0516. The van der Waals surface area contributed by atoms with E-state index in [1.165, 1.54) is 0 Å². The van der Waals surface area contributed by atoms with Crippen LogP contribution in [-0.4, -0.2) is 29.9 Å². The third kappa shape index (κ3) is 7.05. The normalized spacial score (nSPS) is 12.8.